The first-order valence-electron chi connectivity index (χ1n) is 14.8. The van der Waals surface area contributed by atoms with Gasteiger partial charge in [-0.2, -0.15) is 18.2 Å². The second kappa shape index (κ2) is 13.7. The largest absolute Gasteiger partial charge is 0.490 e. The molecule has 2 aliphatic rings. The third-order valence-electron chi connectivity index (χ3n) is 7.87. The van der Waals surface area contributed by atoms with E-state index >= 15 is 0 Å². The molecule has 13 heteroatoms. The Balaban J connectivity index is 0.000000566. The molecule has 44 heavy (non-hydrogen) atoms. The molecule has 0 unspecified atom stereocenters. The molecule has 1 heterocycles. The number of aromatic nitrogens is 2. The predicted molar refractivity (Wildman–Crippen MR) is 164 cm³/mol. The van der Waals surface area contributed by atoms with Crippen LogP contribution in [0.4, 0.5) is 24.9 Å². The zero-order valence-electron chi connectivity index (χ0n) is 25.1. The van der Waals surface area contributed by atoms with Crippen LogP contribution >= 0.6 is 0 Å². The Labute approximate surface area is 256 Å². The van der Waals surface area contributed by atoms with Gasteiger partial charge in [-0.25, -0.2) is 22.9 Å². The average molecular weight is 636 g/mol. The molecule has 9 nitrogen and oxygen atoms in total. The molecule has 240 valence electrons. The fourth-order valence-electron chi connectivity index (χ4n) is 5.01. The van der Waals surface area contributed by atoms with Crippen molar-refractivity contribution < 1.29 is 31.5 Å². The lowest BCUT2D eigenvalue weighted by Gasteiger charge is -2.28. The third kappa shape index (κ3) is 9.52. The molecule has 0 bridgehead atoms. The highest BCUT2D eigenvalue weighted by molar-refractivity contribution is 7.89. The van der Waals surface area contributed by atoms with E-state index in [1.54, 1.807) is 12.1 Å². The summed E-state index contributed by atoms with van der Waals surface area (Å²) < 4.78 is 60.2. The number of fused-ring (bicyclic) bond motifs is 1. The van der Waals surface area contributed by atoms with Crippen LogP contribution in [-0.4, -0.2) is 54.8 Å². The minimum Gasteiger partial charge on any atom is -0.475 e. The number of halogens is 3. The van der Waals surface area contributed by atoms with E-state index in [2.05, 4.69) is 42.2 Å². The van der Waals surface area contributed by atoms with E-state index in [1.807, 2.05) is 30.3 Å². The highest BCUT2D eigenvalue weighted by atomic mass is 32.2. The van der Waals surface area contributed by atoms with Crippen LogP contribution in [0.5, 0.6) is 0 Å². The maximum absolute atomic E-state index is 12.8. The number of nitrogens with zero attached hydrogens (tertiary/aromatic N) is 2. The Bertz CT molecular complexity index is 1530. The van der Waals surface area contributed by atoms with Crippen LogP contribution in [0.25, 0.3) is 10.9 Å². The maximum atomic E-state index is 12.8. The SMILES string of the molecule is CC(C)(C)c1ccc(S(=O)(=O)NCC2CCC(CNc3nc(NC4CC4)c4ccccc4n3)CC2)cc1.O=C(O)C(F)(F)F. The van der Waals surface area contributed by atoms with Crippen molar-refractivity contribution in [2.75, 3.05) is 23.7 Å². The first kappa shape index (κ1) is 33.4. The van der Waals surface area contributed by atoms with E-state index in [0.717, 1.165) is 54.5 Å². The van der Waals surface area contributed by atoms with Gasteiger partial charge in [-0.15, -0.1) is 0 Å². The van der Waals surface area contributed by atoms with E-state index in [4.69, 9.17) is 19.9 Å². The van der Waals surface area contributed by atoms with E-state index in [1.165, 1.54) is 12.8 Å². The van der Waals surface area contributed by atoms with Gasteiger partial charge in [-0.05, 0) is 85.6 Å². The normalized spacial score (nSPS) is 19.1. The van der Waals surface area contributed by atoms with Crippen molar-refractivity contribution in [1.29, 1.82) is 0 Å². The Morgan fingerprint density at radius 3 is 2.00 bits per heavy atom. The van der Waals surface area contributed by atoms with Gasteiger partial charge in [0.1, 0.15) is 5.82 Å². The number of carboxylic acids is 1. The fourth-order valence-corrected chi connectivity index (χ4v) is 6.12. The molecule has 2 fully saturated rings. The zero-order chi connectivity index (χ0) is 32.1. The number of nitrogens with one attached hydrogen (secondary N) is 3. The molecule has 3 aromatic rings. The van der Waals surface area contributed by atoms with Gasteiger partial charge in [0.25, 0.3) is 0 Å². The summed E-state index contributed by atoms with van der Waals surface area (Å²) in [6.07, 6.45) is 1.49. The van der Waals surface area contributed by atoms with Crippen molar-refractivity contribution >= 4 is 38.7 Å². The lowest BCUT2D eigenvalue weighted by atomic mass is 9.82. The van der Waals surface area contributed by atoms with Gasteiger partial charge in [0.15, 0.2) is 0 Å². The van der Waals surface area contributed by atoms with E-state index in [9.17, 15) is 21.6 Å². The molecule has 0 radical (unpaired) electrons. The lowest BCUT2D eigenvalue weighted by molar-refractivity contribution is -0.192. The quantitative estimate of drug-likeness (QED) is 0.214. The predicted octanol–water partition coefficient (Wildman–Crippen LogP) is 6.33. The van der Waals surface area contributed by atoms with Crippen molar-refractivity contribution in [3.8, 4) is 0 Å². The molecule has 0 spiro atoms. The average Bonchev–Trinajstić information content (AvgIpc) is 3.79. The summed E-state index contributed by atoms with van der Waals surface area (Å²) >= 11 is 0. The first-order chi connectivity index (χ1) is 20.6. The molecule has 2 saturated carbocycles. The number of sulfonamides is 1. The fraction of sp³-hybridized carbons (Fsp3) is 0.516. The second-order valence-electron chi connectivity index (χ2n) is 12.5. The number of carboxylic acid groups (broad SMARTS) is 1. The second-order valence-corrected chi connectivity index (χ2v) is 14.3. The van der Waals surface area contributed by atoms with E-state index in [0.29, 0.717) is 35.3 Å². The van der Waals surface area contributed by atoms with Crippen LogP contribution in [-0.2, 0) is 20.2 Å². The molecule has 2 aromatic carbocycles. The van der Waals surface area contributed by atoms with Crippen molar-refractivity contribution in [2.45, 2.75) is 81.8 Å². The monoisotopic (exact) mass is 635 g/mol. The molecule has 0 amide bonds. The smallest absolute Gasteiger partial charge is 0.475 e. The Morgan fingerprint density at radius 1 is 0.886 bits per heavy atom. The summed E-state index contributed by atoms with van der Waals surface area (Å²) in [5.41, 5.74) is 2.08. The number of aliphatic carboxylic acids is 1. The van der Waals surface area contributed by atoms with Crippen molar-refractivity contribution in [3.63, 3.8) is 0 Å². The van der Waals surface area contributed by atoms with Gasteiger partial charge in [0, 0.05) is 24.5 Å². The Kier molecular flexibility index (Phi) is 10.4. The molecule has 0 aliphatic heterocycles. The molecule has 0 saturated heterocycles. The minimum atomic E-state index is -5.08. The third-order valence-corrected chi connectivity index (χ3v) is 9.31. The maximum Gasteiger partial charge on any atom is 0.490 e. The van der Waals surface area contributed by atoms with Crippen molar-refractivity contribution in [3.05, 3.63) is 54.1 Å². The van der Waals surface area contributed by atoms with Crippen LogP contribution in [0.3, 0.4) is 0 Å². The van der Waals surface area contributed by atoms with Crippen molar-refractivity contribution in [1.82, 2.24) is 14.7 Å². The van der Waals surface area contributed by atoms with Crippen molar-refractivity contribution in [2.24, 2.45) is 11.8 Å². The summed E-state index contributed by atoms with van der Waals surface area (Å²) in [6, 6.07) is 15.9. The van der Waals surface area contributed by atoms with E-state index < -0.39 is 22.2 Å². The zero-order valence-corrected chi connectivity index (χ0v) is 25.9. The number of para-hydroxylation sites is 1. The summed E-state index contributed by atoms with van der Waals surface area (Å²) in [5, 5.41) is 15.2. The highest BCUT2D eigenvalue weighted by Gasteiger charge is 2.38. The number of benzene rings is 2. The number of alkyl halides is 3. The van der Waals surface area contributed by atoms with Crippen LogP contribution in [0.1, 0.15) is 64.9 Å². The molecular weight excluding hydrogens is 595 g/mol. The van der Waals surface area contributed by atoms with Gasteiger partial charge in [0.05, 0.1) is 10.4 Å². The summed E-state index contributed by atoms with van der Waals surface area (Å²) in [4.78, 5) is 18.7. The van der Waals surface area contributed by atoms with Gasteiger partial charge >= 0.3 is 12.1 Å². The number of hydrogen-bond donors (Lipinski definition) is 4. The first-order valence-corrected chi connectivity index (χ1v) is 16.3. The van der Waals surface area contributed by atoms with E-state index in [-0.39, 0.29) is 5.41 Å². The summed E-state index contributed by atoms with van der Waals surface area (Å²) in [7, 11) is -3.49. The van der Waals surface area contributed by atoms with Gasteiger partial charge in [-0.3, -0.25) is 0 Å². The van der Waals surface area contributed by atoms with Crippen LogP contribution in [0.2, 0.25) is 0 Å². The van der Waals surface area contributed by atoms with Gasteiger partial charge in [0.2, 0.25) is 16.0 Å². The Morgan fingerprint density at radius 2 is 1.45 bits per heavy atom. The van der Waals surface area contributed by atoms with Gasteiger partial charge in [-0.1, -0.05) is 45.0 Å². The lowest BCUT2D eigenvalue weighted by Crippen LogP contribution is -2.32. The Hall–Kier alpha value is -3.45. The van der Waals surface area contributed by atoms with Gasteiger partial charge < -0.3 is 15.7 Å². The van der Waals surface area contributed by atoms with Crippen LogP contribution in [0.15, 0.2) is 53.4 Å². The number of hydrogen-bond acceptors (Lipinski definition) is 7. The molecule has 4 N–H and O–H groups in total. The number of rotatable bonds is 9. The highest BCUT2D eigenvalue weighted by Crippen LogP contribution is 2.31. The van der Waals surface area contributed by atoms with Crippen LogP contribution < -0.4 is 15.4 Å². The number of carbonyl (C=O) groups is 1. The summed E-state index contributed by atoms with van der Waals surface area (Å²) in [6.45, 7) is 7.70. The topological polar surface area (TPSA) is 133 Å². The number of anilines is 2. The molecule has 2 aliphatic carbocycles. The summed E-state index contributed by atoms with van der Waals surface area (Å²) in [5.74, 6) is -0.264. The molecule has 1 aromatic heterocycles. The molecule has 5 rings (SSSR count). The standard InChI is InChI=1S/C29H39N5O2S.C2HF3O2/c1-29(2,3)22-12-16-24(17-13-22)37(35,36)31-19-21-10-8-20(9-11-21)18-30-28-33-26-7-5-4-6-25(26)27(34-28)32-23-14-15-23;3-2(4,5)1(6)7/h4-7,12-13,16-17,20-21,23,31H,8-11,14-15,18-19H2,1-3H3,(H2,30,32,33,34);(H,6,7). The minimum absolute atomic E-state index is 0.000575. The molecular formula is C31H40F3N5O4S. The molecule has 0 atom stereocenters. The van der Waals surface area contributed by atoms with Crippen LogP contribution in [0, 0.1) is 11.8 Å².